The Bertz CT molecular complexity index is 530. The molecule has 0 atom stereocenters. The first kappa shape index (κ1) is 12.1. The maximum absolute atomic E-state index is 4.14. The molecule has 17 heavy (non-hydrogen) atoms. The fourth-order valence-electron chi connectivity index (χ4n) is 2.00. The van der Waals surface area contributed by atoms with Crippen LogP contribution in [0.25, 0.3) is 11.6 Å². The number of allylic oxidation sites excluding steroid dienone is 6. The molecule has 0 amide bonds. The fourth-order valence-corrected chi connectivity index (χ4v) is 2.53. The van der Waals surface area contributed by atoms with Gasteiger partial charge in [-0.3, -0.25) is 0 Å². The highest BCUT2D eigenvalue weighted by Crippen LogP contribution is 2.33. The first-order valence-electron chi connectivity index (χ1n) is 5.69. The molecule has 1 aromatic carbocycles. The van der Waals surface area contributed by atoms with Crippen molar-refractivity contribution in [2.24, 2.45) is 0 Å². The van der Waals surface area contributed by atoms with E-state index in [9.17, 15) is 0 Å². The summed E-state index contributed by atoms with van der Waals surface area (Å²) >= 11 is 3.57. The number of hydrogen-bond acceptors (Lipinski definition) is 0. The molecule has 0 saturated carbocycles. The average molecular weight is 287 g/mol. The SMILES string of the molecule is C=C(/C=C\C=C/C)c1cccc2c1CC(Br)=C2. The minimum absolute atomic E-state index is 0.974. The maximum Gasteiger partial charge on any atom is 0.00529 e. The summed E-state index contributed by atoms with van der Waals surface area (Å²) in [7, 11) is 0. The van der Waals surface area contributed by atoms with Gasteiger partial charge in [0, 0.05) is 10.9 Å². The van der Waals surface area contributed by atoms with Crippen molar-refractivity contribution in [1.82, 2.24) is 0 Å². The van der Waals surface area contributed by atoms with Crippen molar-refractivity contribution in [2.75, 3.05) is 0 Å². The molecule has 86 valence electrons. The number of benzene rings is 1. The summed E-state index contributed by atoms with van der Waals surface area (Å²) in [4.78, 5) is 0. The molecular weight excluding hydrogens is 272 g/mol. The molecule has 0 N–H and O–H groups in total. The molecule has 0 aliphatic heterocycles. The third-order valence-corrected chi connectivity index (χ3v) is 3.33. The Labute approximate surface area is 111 Å². The molecule has 0 bridgehead atoms. The second-order valence-corrected chi connectivity index (χ2v) is 5.07. The van der Waals surface area contributed by atoms with Crippen LogP contribution >= 0.6 is 15.9 Å². The lowest BCUT2D eigenvalue weighted by Gasteiger charge is -2.08. The molecule has 0 fully saturated rings. The van der Waals surface area contributed by atoms with Crippen LogP contribution in [0.2, 0.25) is 0 Å². The highest BCUT2D eigenvalue weighted by atomic mass is 79.9. The molecule has 0 nitrogen and oxygen atoms in total. The van der Waals surface area contributed by atoms with Crippen molar-refractivity contribution in [3.8, 4) is 0 Å². The van der Waals surface area contributed by atoms with E-state index in [0.29, 0.717) is 0 Å². The van der Waals surface area contributed by atoms with Crippen molar-refractivity contribution in [3.63, 3.8) is 0 Å². The van der Waals surface area contributed by atoms with Crippen LogP contribution in [0.15, 0.2) is 53.6 Å². The zero-order valence-corrected chi connectivity index (χ0v) is 11.5. The number of halogens is 1. The van der Waals surface area contributed by atoms with Crippen LogP contribution < -0.4 is 0 Å². The lowest BCUT2D eigenvalue weighted by atomic mass is 9.97. The van der Waals surface area contributed by atoms with Gasteiger partial charge >= 0.3 is 0 Å². The quantitative estimate of drug-likeness (QED) is 0.676. The molecule has 0 radical (unpaired) electrons. The lowest BCUT2D eigenvalue weighted by Crippen LogP contribution is -1.90. The third kappa shape index (κ3) is 2.67. The van der Waals surface area contributed by atoms with Gasteiger partial charge in [0.1, 0.15) is 0 Å². The van der Waals surface area contributed by atoms with Crippen molar-refractivity contribution in [2.45, 2.75) is 13.3 Å². The van der Waals surface area contributed by atoms with Gasteiger partial charge in [-0.05, 0) is 35.3 Å². The van der Waals surface area contributed by atoms with Gasteiger partial charge in [-0.2, -0.15) is 0 Å². The Morgan fingerprint density at radius 2 is 2.18 bits per heavy atom. The van der Waals surface area contributed by atoms with Gasteiger partial charge in [0.05, 0.1) is 0 Å². The monoisotopic (exact) mass is 286 g/mol. The van der Waals surface area contributed by atoms with Gasteiger partial charge in [0.25, 0.3) is 0 Å². The minimum Gasteiger partial charge on any atom is -0.0911 e. The summed E-state index contributed by atoms with van der Waals surface area (Å²) in [5, 5.41) is 0. The van der Waals surface area contributed by atoms with E-state index in [1.807, 2.05) is 25.2 Å². The van der Waals surface area contributed by atoms with Crippen LogP contribution in [-0.4, -0.2) is 0 Å². The molecule has 1 aliphatic rings. The van der Waals surface area contributed by atoms with Gasteiger partial charge in [0.2, 0.25) is 0 Å². The van der Waals surface area contributed by atoms with E-state index >= 15 is 0 Å². The summed E-state index contributed by atoms with van der Waals surface area (Å²) in [6.07, 6.45) is 11.3. The normalized spacial score (nSPS) is 14.4. The van der Waals surface area contributed by atoms with Crippen LogP contribution in [0.4, 0.5) is 0 Å². The zero-order chi connectivity index (χ0) is 12.3. The van der Waals surface area contributed by atoms with E-state index in [4.69, 9.17) is 0 Å². The van der Waals surface area contributed by atoms with E-state index in [2.05, 4.69) is 52.9 Å². The molecule has 2 rings (SSSR count). The van der Waals surface area contributed by atoms with Crippen molar-refractivity contribution < 1.29 is 0 Å². The van der Waals surface area contributed by atoms with Crippen molar-refractivity contribution in [1.29, 1.82) is 0 Å². The van der Waals surface area contributed by atoms with E-state index in [1.54, 1.807) is 0 Å². The van der Waals surface area contributed by atoms with Crippen molar-refractivity contribution >= 4 is 27.6 Å². The third-order valence-electron chi connectivity index (χ3n) is 2.82. The molecule has 1 aromatic rings. The van der Waals surface area contributed by atoms with Gasteiger partial charge in [0.15, 0.2) is 0 Å². The fraction of sp³-hybridized carbons (Fsp3) is 0.125. The van der Waals surface area contributed by atoms with E-state index in [1.165, 1.54) is 21.2 Å². The predicted molar refractivity (Wildman–Crippen MR) is 80.0 cm³/mol. The van der Waals surface area contributed by atoms with Crippen LogP contribution in [-0.2, 0) is 6.42 Å². The van der Waals surface area contributed by atoms with Gasteiger partial charge < -0.3 is 0 Å². The molecular formula is C16H15Br. The maximum atomic E-state index is 4.14. The first-order chi connectivity index (χ1) is 8.22. The number of fused-ring (bicyclic) bond motifs is 1. The first-order valence-corrected chi connectivity index (χ1v) is 6.48. The smallest absolute Gasteiger partial charge is 0.00529 e. The molecule has 0 saturated heterocycles. The number of hydrogen-bond donors (Lipinski definition) is 0. The Kier molecular flexibility index (Phi) is 3.80. The summed E-state index contributed by atoms with van der Waals surface area (Å²) in [5.74, 6) is 0. The topological polar surface area (TPSA) is 0 Å². The Morgan fingerprint density at radius 3 is 2.94 bits per heavy atom. The van der Waals surface area contributed by atoms with Crippen LogP contribution in [0.5, 0.6) is 0 Å². The van der Waals surface area contributed by atoms with E-state index < -0.39 is 0 Å². The van der Waals surface area contributed by atoms with E-state index in [-0.39, 0.29) is 0 Å². The van der Waals surface area contributed by atoms with Gasteiger partial charge in [-0.1, -0.05) is 65.0 Å². The second-order valence-electron chi connectivity index (χ2n) is 4.05. The van der Waals surface area contributed by atoms with Crippen LogP contribution in [0.3, 0.4) is 0 Å². The zero-order valence-electron chi connectivity index (χ0n) is 9.91. The summed E-state index contributed by atoms with van der Waals surface area (Å²) in [6.45, 7) is 6.15. The highest BCUT2D eigenvalue weighted by molar-refractivity contribution is 9.11. The molecule has 0 aromatic heterocycles. The molecule has 0 spiro atoms. The Morgan fingerprint density at radius 1 is 1.35 bits per heavy atom. The number of rotatable bonds is 3. The van der Waals surface area contributed by atoms with E-state index in [0.717, 1.165) is 12.0 Å². The summed E-state index contributed by atoms with van der Waals surface area (Å²) in [5.41, 5.74) is 4.98. The summed E-state index contributed by atoms with van der Waals surface area (Å²) < 4.78 is 1.24. The molecule has 0 unspecified atom stereocenters. The Balaban J connectivity index is 2.31. The largest absolute Gasteiger partial charge is 0.0911 e. The second kappa shape index (κ2) is 5.33. The molecule has 0 heterocycles. The Hall–Kier alpha value is -1.34. The summed E-state index contributed by atoms with van der Waals surface area (Å²) in [6, 6.07) is 6.38. The van der Waals surface area contributed by atoms with Crippen LogP contribution in [0, 0.1) is 0 Å². The van der Waals surface area contributed by atoms with Gasteiger partial charge in [-0.15, -0.1) is 0 Å². The average Bonchev–Trinajstić information content (AvgIpc) is 2.69. The predicted octanol–water partition coefficient (Wildman–Crippen LogP) is 5.12. The minimum atomic E-state index is 0.974. The van der Waals surface area contributed by atoms with Gasteiger partial charge in [-0.25, -0.2) is 0 Å². The van der Waals surface area contributed by atoms with Crippen LogP contribution in [0.1, 0.15) is 23.6 Å². The molecule has 1 heteroatoms. The molecule has 1 aliphatic carbocycles. The standard InChI is InChI=1S/C16H15Br/c1-3-4-5-7-12(2)15-9-6-8-13-10-14(17)11-16(13)15/h3-10H,2,11H2,1H3/b4-3-,7-5-. The highest BCUT2D eigenvalue weighted by Gasteiger charge is 2.14. The lowest BCUT2D eigenvalue weighted by molar-refractivity contribution is 1.28. The van der Waals surface area contributed by atoms with Crippen molar-refractivity contribution in [3.05, 3.63) is 70.3 Å².